The van der Waals surface area contributed by atoms with Gasteiger partial charge in [0, 0.05) is 33.9 Å². The van der Waals surface area contributed by atoms with E-state index in [4.69, 9.17) is 4.99 Å². The molecular formula is C19H18BrN3O. The molecule has 0 spiro atoms. The molecule has 0 bridgehead atoms. The molecule has 0 radical (unpaired) electrons. The molecule has 0 aliphatic rings. The van der Waals surface area contributed by atoms with Crippen LogP contribution in [0.5, 0.6) is 5.75 Å². The second-order valence-corrected chi connectivity index (χ2v) is 6.55. The molecule has 3 aromatic rings. The molecule has 3 rings (SSSR count). The first-order valence-electron chi connectivity index (χ1n) is 7.73. The number of aromatic amines is 1. The minimum absolute atomic E-state index is 0.0408. The summed E-state index contributed by atoms with van der Waals surface area (Å²) in [7, 11) is 0. The van der Waals surface area contributed by atoms with Crippen molar-refractivity contribution >= 4 is 21.6 Å². The van der Waals surface area contributed by atoms with Crippen LogP contribution in [0.3, 0.4) is 0 Å². The van der Waals surface area contributed by atoms with E-state index < -0.39 is 0 Å². The lowest BCUT2D eigenvalue weighted by atomic mass is 10.0. The zero-order valence-corrected chi connectivity index (χ0v) is 14.9. The minimum Gasteiger partial charge on any atom is -0.507 e. The first-order valence-corrected chi connectivity index (χ1v) is 8.52. The second kappa shape index (κ2) is 7.45. The van der Waals surface area contributed by atoms with Gasteiger partial charge in [-0.25, -0.2) is 4.98 Å². The standard InChI is InChI=1S/C19H18BrN3O/c1-13(9-16-11-21-12-22-16)23-19(14-5-3-2-4-6-14)17-10-15(20)7-8-18(17)24/h2-8,10-13,24H,9H2,1H3,(H,21,22)/t13-/m1/s1. The van der Waals surface area contributed by atoms with Gasteiger partial charge < -0.3 is 10.1 Å². The molecule has 0 amide bonds. The Balaban J connectivity index is 2.02. The van der Waals surface area contributed by atoms with E-state index in [0.717, 1.165) is 27.9 Å². The molecule has 0 saturated heterocycles. The number of phenolic OH excluding ortho intramolecular Hbond substituents is 1. The molecule has 2 aromatic carbocycles. The van der Waals surface area contributed by atoms with E-state index in [1.807, 2.05) is 48.7 Å². The lowest BCUT2D eigenvalue weighted by Gasteiger charge is -2.13. The highest BCUT2D eigenvalue weighted by Gasteiger charge is 2.14. The van der Waals surface area contributed by atoms with Crippen LogP contribution in [-0.4, -0.2) is 26.8 Å². The quantitative estimate of drug-likeness (QED) is 0.643. The smallest absolute Gasteiger partial charge is 0.125 e. The summed E-state index contributed by atoms with van der Waals surface area (Å²) in [6, 6.07) is 15.3. The van der Waals surface area contributed by atoms with E-state index >= 15 is 0 Å². The molecule has 0 aliphatic heterocycles. The summed E-state index contributed by atoms with van der Waals surface area (Å²) in [5, 5.41) is 10.3. The average Bonchev–Trinajstić information content (AvgIpc) is 3.09. The summed E-state index contributed by atoms with van der Waals surface area (Å²) in [6.07, 6.45) is 4.24. The van der Waals surface area contributed by atoms with Gasteiger partial charge in [-0.2, -0.15) is 0 Å². The maximum absolute atomic E-state index is 10.3. The van der Waals surface area contributed by atoms with Crippen LogP contribution in [0.25, 0.3) is 0 Å². The number of imidazole rings is 1. The Morgan fingerprint density at radius 3 is 2.75 bits per heavy atom. The third kappa shape index (κ3) is 3.92. The van der Waals surface area contributed by atoms with Gasteiger partial charge in [-0.15, -0.1) is 0 Å². The zero-order chi connectivity index (χ0) is 16.9. The van der Waals surface area contributed by atoms with Gasteiger partial charge in [0.2, 0.25) is 0 Å². The van der Waals surface area contributed by atoms with Crippen LogP contribution in [0.1, 0.15) is 23.7 Å². The maximum Gasteiger partial charge on any atom is 0.125 e. The predicted molar refractivity (Wildman–Crippen MR) is 99.6 cm³/mol. The van der Waals surface area contributed by atoms with Gasteiger partial charge in [0.1, 0.15) is 5.75 Å². The van der Waals surface area contributed by atoms with Crippen molar-refractivity contribution in [3.8, 4) is 5.75 Å². The number of aliphatic imine (C=N–C) groups is 1. The molecule has 1 atom stereocenters. The number of aromatic nitrogens is 2. The Bertz CT molecular complexity index is 829. The number of hydrogen-bond acceptors (Lipinski definition) is 3. The van der Waals surface area contributed by atoms with Crippen molar-refractivity contribution in [2.45, 2.75) is 19.4 Å². The summed E-state index contributed by atoms with van der Waals surface area (Å²) in [6.45, 7) is 2.05. The van der Waals surface area contributed by atoms with Gasteiger partial charge in [0.15, 0.2) is 0 Å². The molecule has 4 nitrogen and oxygen atoms in total. The van der Waals surface area contributed by atoms with Gasteiger partial charge in [-0.05, 0) is 25.1 Å². The van der Waals surface area contributed by atoms with Crippen LogP contribution < -0.4 is 0 Å². The van der Waals surface area contributed by atoms with Crippen LogP contribution in [0.2, 0.25) is 0 Å². The summed E-state index contributed by atoms with van der Waals surface area (Å²) in [4.78, 5) is 12.0. The highest BCUT2D eigenvalue weighted by molar-refractivity contribution is 9.10. The van der Waals surface area contributed by atoms with Crippen molar-refractivity contribution in [1.29, 1.82) is 0 Å². The first-order chi connectivity index (χ1) is 11.6. The number of phenols is 1. The van der Waals surface area contributed by atoms with E-state index in [9.17, 15) is 5.11 Å². The molecule has 24 heavy (non-hydrogen) atoms. The van der Waals surface area contributed by atoms with Crippen molar-refractivity contribution < 1.29 is 5.11 Å². The second-order valence-electron chi connectivity index (χ2n) is 5.64. The van der Waals surface area contributed by atoms with Gasteiger partial charge >= 0.3 is 0 Å². The van der Waals surface area contributed by atoms with E-state index in [0.29, 0.717) is 5.56 Å². The fraction of sp³-hybridized carbons (Fsp3) is 0.158. The Morgan fingerprint density at radius 2 is 2.04 bits per heavy atom. The number of nitrogens with zero attached hydrogens (tertiary/aromatic N) is 2. The van der Waals surface area contributed by atoms with Gasteiger partial charge in [-0.1, -0.05) is 46.3 Å². The molecule has 0 aliphatic carbocycles. The molecule has 1 heterocycles. The number of hydrogen-bond donors (Lipinski definition) is 2. The highest BCUT2D eigenvalue weighted by Crippen LogP contribution is 2.26. The van der Waals surface area contributed by atoms with E-state index in [2.05, 4.69) is 32.8 Å². The molecule has 2 N–H and O–H groups in total. The maximum atomic E-state index is 10.3. The largest absolute Gasteiger partial charge is 0.507 e. The summed E-state index contributed by atoms with van der Waals surface area (Å²) in [5.74, 6) is 0.217. The number of halogens is 1. The van der Waals surface area contributed by atoms with Gasteiger partial charge in [0.25, 0.3) is 0 Å². The molecule has 122 valence electrons. The molecule has 0 unspecified atom stereocenters. The summed E-state index contributed by atoms with van der Waals surface area (Å²) >= 11 is 3.47. The summed E-state index contributed by atoms with van der Waals surface area (Å²) < 4.78 is 0.903. The van der Waals surface area contributed by atoms with Crippen LogP contribution in [-0.2, 0) is 6.42 Å². The van der Waals surface area contributed by atoms with E-state index in [-0.39, 0.29) is 11.8 Å². The minimum atomic E-state index is 0.0408. The lowest BCUT2D eigenvalue weighted by molar-refractivity contribution is 0.474. The Morgan fingerprint density at radius 1 is 1.25 bits per heavy atom. The number of rotatable bonds is 5. The average molecular weight is 384 g/mol. The van der Waals surface area contributed by atoms with Crippen LogP contribution in [0, 0.1) is 0 Å². The topological polar surface area (TPSA) is 61.3 Å². The summed E-state index contributed by atoms with van der Waals surface area (Å²) in [5.41, 5.74) is 3.51. The molecule has 0 fully saturated rings. The van der Waals surface area contributed by atoms with E-state index in [1.165, 1.54) is 0 Å². The van der Waals surface area contributed by atoms with Gasteiger partial charge in [-0.3, -0.25) is 4.99 Å². The van der Waals surface area contributed by atoms with Gasteiger partial charge in [0.05, 0.1) is 18.1 Å². The van der Waals surface area contributed by atoms with Crippen LogP contribution >= 0.6 is 15.9 Å². The van der Waals surface area contributed by atoms with Crippen LogP contribution in [0.15, 0.2) is 70.5 Å². The number of nitrogens with one attached hydrogen (secondary N) is 1. The molecular weight excluding hydrogens is 366 g/mol. The van der Waals surface area contributed by atoms with Crippen molar-refractivity contribution in [3.05, 3.63) is 82.3 Å². The normalized spacial score (nSPS) is 13.0. The first kappa shape index (κ1) is 16.5. The molecule has 0 saturated carbocycles. The molecule has 5 heteroatoms. The Hall–Kier alpha value is -2.40. The zero-order valence-electron chi connectivity index (χ0n) is 13.3. The lowest BCUT2D eigenvalue weighted by Crippen LogP contribution is -2.11. The third-order valence-corrected chi connectivity index (χ3v) is 4.17. The predicted octanol–water partition coefficient (Wildman–Crippen LogP) is 4.35. The molecule has 1 aromatic heterocycles. The number of benzene rings is 2. The Labute approximate surface area is 149 Å². The number of H-pyrrole nitrogens is 1. The van der Waals surface area contributed by atoms with E-state index in [1.54, 1.807) is 12.4 Å². The monoisotopic (exact) mass is 383 g/mol. The number of aromatic hydroxyl groups is 1. The Kier molecular flexibility index (Phi) is 5.11. The highest BCUT2D eigenvalue weighted by atomic mass is 79.9. The van der Waals surface area contributed by atoms with Crippen LogP contribution in [0.4, 0.5) is 0 Å². The third-order valence-electron chi connectivity index (χ3n) is 3.68. The van der Waals surface area contributed by atoms with Crippen molar-refractivity contribution in [1.82, 2.24) is 9.97 Å². The fourth-order valence-corrected chi connectivity index (χ4v) is 2.94. The SMILES string of the molecule is C[C@H](Cc1cnc[nH]1)N=C(c1ccccc1)c1cc(Br)ccc1O. The van der Waals surface area contributed by atoms with Crippen molar-refractivity contribution in [2.75, 3.05) is 0 Å². The fourth-order valence-electron chi connectivity index (χ4n) is 2.57. The van der Waals surface area contributed by atoms with Crippen molar-refractivity contribution in [2.24, 2.45) is 4.99 Å². The van der Waals surface area contributed by atoms with Crippen molar-refractivity contribution in [3.63, 3.8) is 0 Å².